The quantitative estimate of drug-likeness (QED) is 0.786. The first-order valence-electron chi connectivity index (χ1n) is 6.34. The minimum absolute atomic E-state index is 0.173. The van der Waals surface area contributed by atoms with Gasteiger partial charge in [-0.15, -0.1) is 0 Å². The second kappa shape index (κ2) is 7.72. The van der Waals surface area contributed by atoms with Crippen LogP contribution in [0.5, 0.6) is 0 Å². The van der Waals surface area contributed by atoms with Gasteiger partial charge in [0, 0.05) is 18.1 Å². The summed E-state index contributed by atoms with van der Waals surface area (Å²) in [5, 5.41) is 7.33. The molecule has 0 unspecified atom stereocenters. The van der Waals surface area contributed by atoms with Crippen LogP contribution < -0.4 is 10.9 Å². The average molecular weight is 417 g/mol. The summed E-state index contributed by atoms with van der Waals surface area (Å²) in [7, 11) is 1.59. The van der Waals surface area contributed by atoms with Crippen LogP contribution in [0, 0.1) is 0 Å². The first-order valence-corrected chi connectivity index (χ1v) is 7.93. The van der Waals surface area contributed by atoms with Gasteiger partial charge >= 0.3 is 0 Å². The number of rotatable bonds is 6. The van der Waals surface area contributed by atoms with E-state index in [1.54, 1.807) is 13.3 Å². The summed E-state index contributed by atoms with van der Waals surface area (Å²) < 4.78 is 7.84. The van der Waals surface area contributed by atoms with Crippen molar-refractivity contribution in [3.63, 3.8) is 0 Å². The van der Waals surface area contributed by atoms with Gasteiger partial charge in [0.25, 0.3) is 5.56 Å². The molecule has 1 heterocycles. The van der Waals surface area contributed by atoms with Gasteiger partial charge in [-0.1, -0.05) is 28.1 Å². The Balaban J connectivity index is 2.08. The molecule has 0 atom stereocenters. The van der Waals surface area contributed by atoms with Crippen molar-refractivity contribution >= 4 is 37.5 Å². The smallest absolute Gasteiger partial charge is 0.283 e. The van der Waals surface area contributed by atoms with Crippen LogP contribution in [0.1, 0.15) is 5.56 Å². The molecular formula is C14H15Br2N3O2. The molecule has 0 aliphatic heterocycles. The van der Waals surface area contributed by atoms with E-state index in [-0.39, 0.29) is 5.56 Å². The third-order valence-electron chi connectivity index (χ3n) is 2.89. The molecule has 7 heteroatoms. The summed E-state index contributed by atoms with van der Waals surface area (Å²) in [5.74, 6) is 0. The molecule has 0 saturated heterocycles. The van der Waals surface area contributed by atoms with Crippen molar-refractivity contribution in [2.45, 2.75) is 13.1 Å². The lowest BCUT2D eigenvalue weighted by molar-refractivity contribution is 0.181. The number of hydrogen-bond donors (Lipinski definition) is 1. The SMILES string of the molecule is COCCn1ncc(NCc2ccc(Br)cc2)c(Br)c1=O. The van der Waals surface area contributed by atoms with Crippen molar-refractivity contribution in [2.24, 2.45) is 0 Å². The maximum absolute atomic E-state index is 12.1. The fourth-order valence-corrected chi connectivity index (χ4v) is 2.44. The Morgan fingerprint density at radius 1 is 1.29 bits per heavy atom. The zero-order valence-electron chi connectivity index (χ0n) is 11.5. The first kappa shape index (κ1) is 16.2. The number of benzene rings is 1. The molecule has 112 valence electrons. The molecular weight excluding hydrogens is 402 g/mol. The van der Waals surface area contributed by atoms with Crippen molar-refractivity contribution in [3.8, 4) is 0 Å². The van der Waals surface area contributed by atoms with Crippen molar-refractivity contribution < 1.29 is 4.74 Å². The topological polar surface area (TPSA) is 56.1 Å². The molecule has 0 radical (unpaired) electrons. The Morgan fingerprint density at radius 2 is 2.00 bits per heavy atom. The molecule has 0 bridgehead atoms. The van der Waals surface area contributed by atoms with Gasteiger partial charge in [0.15, 0.2) is 0 Å². The van der Waals surface area contributed by atoms with Gasteiger partial charge in [0.1, 0.15) is 4.47 Å². The van der Waals surface area contributed by atoms with Crippen molar-refractivity contribution in [1.82, 2.24) is 9.78 Å². The minimum atomic E-state index is -0.173. The van der Waals surface area contributed by atoms with Crippen LogP contribution in [0.25, 0.3) is 0 Å². The molecule has 0 aliphatic carbocycles. The summed E-state index contributed by atoms with van der Waals surface area (Å²) in [5.41, 5.74) is 1.62. The molecule has 0 fully saturated rings. The van der Waals surface area contributed by atoms with E-state index in [0.29, 0.717) is 29.9 Å². The van der Waals surface area contributed by atoms with E-state index in [4.69, 9.17) is 4.74 Å². The van der Waals surface area contributed by atoms with Crippen LogP contribution in [0.2, 0.25) is 0 Å². The summed E-state index contributed by atoms with van der Waals surface area (Å²) in [6.45, 7) is 1.50. The molecule has 1 aromatic carbocycles. The van der Waals surface area contributed by atoms with Crippen LogP contribution >= 0.6 is 31.9 Å². The molecule has 21 heavy (non-hydrogen) atoms. The van der Waals surface area contributed by atoms with Crippen molar-refractivity contribution in [2.75, 3.05) is 19.0 Å². The number of nitrogens with zero attached hydrogens (tertiary/aromatic N) is 2. The molecule has 1 N–H and O–H groups in total. The average Bonchev–Trinajstić information content (AvgIpc) is 2.49. The molecule has 5 nitrogen and oxygen atoms in total. The van der Waals surface area contributed by atoms with Gasteiger partial charge in [-0.25, -0.2) is 4.68 Å². The fourth-order valence-electron chi connectivity index (χ4n) is 1.72. The third kappa shape index (κ3) is 4.39. The summed E-state index contributed by atoms with van der Waals surface area (Å²) in [6, 6.07) is 7.98. The number of halogens is 2. The highest BCUT2D eigenvalue weighted by Gasteiger charge is 2.08. The maximum Gasteiger partial charge on any atom is 0.283 e. The Morgan fingerprint density at radius 3 is 2.67 bits per heavy atom. The van der Waals surface area contributed by atoms with Crippen molar-refractivity contribution in [1.29, 1.82) is 0 Å². The first-order chi connectivity index (χ1) is 10.1. The van der Waals surface area contributed by atoms with Crippen LogP contribution in [0.3, 0.4) is 0 Å². The summed E-state index contributed by atoms with van der Waals surface area (Å²) in [4.78, 5) is 12.1. The highest BCUT2D eigenvalue weighted by Crippen LogP contribution is 2.18. The van der Waals surface area contributed by atoms with E-state index in [1.165, 1.54) is 4.68 Å². The highest BCUT2D eigenvalue weighted by molar-refractivity contribution is 9.10. The Labute approximate surface area is 139 Å². The van der Waals surface area contributed by atoms with Crippen LogP contribution in [0.4, 0.5) is 5.69 Å². The number of nitrogens with one attached hydrogen (secondary N) is 1. The van der Waals surface area contributed by atoms with Gasteiger partial charge in [-0.2, -0.15) is 5.10 Å². The van der Waals surface area contributed by atoms with E-state index >= 15 is 0 Å². The normalized spacial score (nSPS) is 10.6. The molecule has 0 spiro atoms. The fraction of sp³-hybridized carbons (Fsp3) is 0.286. The third-order valence-corrected chi connectivity index (χ3v) is 4.18. The van der Waals surface area contributed by atoms with Gasteiger partial charge < -0.3 is 10.1 Å². The standard InChI is InChI=1S/C14H15Br2N3O2/c1-21-7-6-19-14(20)13(16)12(9-18-19)17-8-10-2-4-11(15)5-3-10/h2-5,9,17H,6-8H2,1H3. The Kier molecular flexibility index (Phi) is 5.96. The number of hydrogen-bond acceptors (Lipinski definition) is 4. The van der Waals surface area contributed by atoms with Gasteiger partial charge in [0.2, 0.25) is 0 Å². The van der Waals surface area contributed by atoms with Crippen LogP contribution in [0.15, 0.2) is 44.2 Å². The van der Waals surface area contributed by atoms with Crippen LogP contribution in [-0.2, 0) is 17.8 Å². The molecule has 0 aliphatic rings. The van der Waals surface area contributed by atoms with Crippen molar-refractivity contribution in [3.05, 3.63) is 55.3 Å². The zero-order valence-corrected chi connectivity index (χ0v) is 14.6. The number of methoxy groups -OCH3 is 1. The lowest BCUT2D eigenvalue weighted by atomic mass is 10.2. The van der Waals surface area contributed by atoms with E-state index < -0.39 is 0 Å². The maximum atomic E-state index is 12.1. The molecule has 2 rings (SSSR count). The number of ether oxygens (including phenoxy) is 1. The van der Waals surface area contributed by atoms with Crippen LogP contribution in [-0.4, -0.2) is 23.5 Å². The van der Waals surface area contributed by atoms with E-state index in [9.17, 15) is 4.79 Å². The lowest BCUT2D eigenvalue weighted by Gasteiger charge is -2.10. The van der Waals surface area contributed by atoms with E-state index in [1.807, 2.05) is 24.3 Å². The number of anilines is 1. The zero-order chi connectivity index (χ0) is 15.2. The highest BCUT2D eigenvalue weighted by atomic mass is 79.9. The second-order valence-electron chi connectivity index (χ2n) is 4.37. The van der Waals surface area contributed by atoms with E-state index in [2.05, 4.69) is 42.3 Å². The lowest BCUT2D eigenvalue weighted by Crippen LogP contribution is -2.26. The number of aromatic nitrogens is 2. The molecule has 0 saturated carbocycles. The minimum Gasteiger partial charge on any atom is -0.383 e. The predicted octanol–water partition coefficient (Wildman–Crippen LogP) is 3.03. The second-order valence-corrected chi connectivity index (χ2v) is 6.08. The summed E-state index contributed by atoms with van der Waals surface area (Å²) >= 11 is 6.72. The van der Waals surface area contributed by atoms with Gasteiger partial charge in [-0.3, -0.25) is 4.79 Å². The Hall–Kier alpha value is -1.18. The van der Waals surface area contributed by atoms with Gasteiger partial charge in [-0.05, 0) is 33.6 Å². The largest absolute Gasteiger partial charge is 0.383 e. The Bertz CT molecular complexity index is 656. The van der Waals surface area contributed by atoms with E-state index in [0.717, 1.165) is 10.0 Å². The molecule has 1 aromatic heterocycles. The molecule has 2 aromatic rings. The monoisotopic (exact) mass is 415 g/mol. The molecule has 0 amide bonds. The predicted molar refractivity (Wildman–Crippen MR) is 89.5 cm³/mol. The van der Waals surface area contributed by atoms with Gasteiger partial charge in [0.05, 0.1) is 25.0 Å². The summed E-state index contributed by atoms with van der Waals surface area (Å²) in [6.07, 6.45) is 1.64.